The number of hydrogen-bond donors (Lipinski definition) is 0. The van der Waals surface area contributed by atoms with E-state index in [9.17, 15) is 13.6 Å². The van der Waals surface area contributed by atoms with E-state index in [0.717, 1.165) is 18.4 Å². The van der Waals surface area contributed by atoms with Gasteiger partial charge in [-0.25, -0.2) is 8.78 Å². The largest absolute Gasteiger partial charge is 0.332 e. The number of likely N-dealkylation sites (tertiary alicyclic amines) is 1. The molecule has 0 radical (unpaired) electrons. The van der Waals surface area contributed by atoms with Gasteiger partial charge < -0.3 is 4.90 Å². The van der Waals surface area contributed by atoms with Crippen LogP contribution in [0.4, 0.5) is 8.78 Å². The molecule has 0 saturated carbocycles. The van der Waals surface area contributed by atoms with Gasteiger partial charge in [0.25, 0.3) is 5.91 Å². The number of amides is 1. The molecule has 1 fully saturated rings. The zero-order chi connectivity index (χ0) is 14.8. The Hall–Kier alpha value is -2.23. The molecule has 1 atom stereocenters. The summed E-state index contributed by atoms with van der Waals surface area (Å²) < 4.78 is 27.2. The van der Waals surface area contributed by atoms with Gasteiger partial charge in [-0.2, -0.15) is 0 Å². The summed E-state index contributed by atoms with van der Waals surface area (Å²) in [5.74, 6) is -1.18. The van der Waals surface area contributed by atoms with Gasteiger partial charge in [0.1, 0.15) is 11.6 Å². The molecule has 2 aromatic carbocycles. The maximum Gasteiger partial charge on any atom is 0.257 e. The van der Waals surface area contributed by atoms with Gasteiger partial charge in [0, 0.05) is 6.54 Å². The Morgan fingerprint density at radius 3 is 2.67 bits per heavy atom. The van der Waals surface area contributed by atoms with Gasteiger partial charge in [0.15, 0.2) is 0 Å². The highest BCUT2D eigenvalue weighted by Gasteiger charge is 2.31. The highest BCUT2D eigenvalue weighted by molar-refractivity contribution is 5.95. The van der Waals surface area contributed by atoms with Crippen molar-refractivity contribution in [2.75, 3.05) is 6.54 Å². The summed E-state index contributed by atoms with van der Waals surface area (Å²) >= 11 is 0. The molecule has 0 bridgehead atoms. The summed E-state index contributed by atoms with van der Waals surface area (Å²) in [6, 6.07) is 12.0. The minimum atomic E-state index is -0.521. The van der Waals surface area contributed by atoms with Gasteiger partial charge in [-0.05, 0) is 42.7 Å². The van der Waals surface area contributed by atoms with Crippen molar-refractivity contribution < 1.29 is 13.6 Å². The fraction of sp³-hybridized carbons (Fsp3) is 0.235. The summed E-state index contributed by atoms with van der Waals surface area (Å²) in [5, 5.41) is 0. The third kappa shape index (κ3) is 2.66. The van der Waals surface area contributed by atoms with Crippen LogP contribution in [-0.4, -0.2) is 17.4 Å². The lowest BCUT2D eigenvalue weighted by molar-refractivity contribution is 0.0730. The summed E-state index contributed by atoms with van der Waals surface area (Å²) in [6.07, 6.45) is 1.60. The van der Waals surface area contributed by atoms with Crippen LogP contribution in [0.25, 0.3) is 0 Å². The number of carbonyl (C=O) groups is 1. The van der Waals surface area contributed by atoms with Gasteiger partial charge in [0.05, 0.1) is 11.6 Å². The van der Waals surface area contributed by atoms with E-state index in [0.29, 0.717) is 6.54 Å². The van der Waals surface area contributed by atoms with Crippen molar-refractivity contribution in [2.45, 2.75) is 18.9 Å². The van der Waals surface area contributed by atoms with Crippen LogP contribution in [0.5, 0.6) is 0 Å². The first-order valence-corrected chi connectivity index (χ1v) is 6.98. The van der Waals surface area contributed by atoms with Crippen LogP contribution in [0.2, 0.25) is 0 Å². The standard InChI is InChI=1S/C17H15F2NO/c18-13-6-3-5-12(11-13)16-9-4-10-20(16)17(21)14-7-1-2-8-15(14)19/h1-3,5-8,11,16H,4,9-10H2. The molecule has 1 heterocycles. The Labute approximate surface area is 122 Å². The highest BCUT2D eigenvalue weighted by atomic mass is 19.1. The molecule has 0 aromatic heterocycles. The monoisotopic (exact) mass is 287 g/mol. The van der Waals surface area contributed by atoms with Gasteiger partial charge in [-0.15, -0.1) is 0 Å². The summed E-state index contributed by atoms with van der Waals surface area (Å²) in [5.41, 5.74) is 0.831. The number of nitrogens with zero attached hydrogens (tertiary/aromatic N) is 1. The lowest BCUT2D eigenvalue weighted by Gasteiger charge is -2.25. The summed E-state index contributed by atoms with van der Waals surface area (Å²) in [7, 11) is 0. The van der Waals surface area contributed by atoms with Crippen LogP contribution in [0, 0.1) is 11.6 Å². The van der Waals surface area contributed by atoms with Crippen molar-refractivity contribution in [1.82, 2.24) is 4.90 Å². The summed E-state index contributed by atoms with van der Waals surface area (Å²) in [6.45, 7) is 0.564. The van der Waals surface area contributed by atoms with Crippen molar-refractivity contribution in [2.24, 2.45) is 0 Å². The van der Waals surface area contributed by atoms with E-state index in [2.05, 4.69) is 0 Å². The van der Waals surface area contributed by atoms with Crippen LogP contribution in [0.3, 0.4) is 0 Å². The smallest absolute Gasteiger partial charge is 0.257 e. The first-order valence-electron chi connectivity index (χ1n) is 6.98. The minimum Gasteiger partial charge on any atom is -0.332 e. The Bertz CT molecular complexity index is 671. The summed E-state index contributed by atoms with van der Waals surface area (Å²) in [4.78, 5) is 14.2. The van der Waals surface area contributed by atoms with Crippen molar-refractivity contribution in [1.29, 1.82) is 0 Å². The molecule has 1 aliphatic heterocycles. The molecule has 0 spiro atoms. The molecule has 4 heteroatoms. The predicted molar refractivity (Wildman–Crippen MR) is 75.8 cm³/mol. The van der Waals surface area contributed by atoms with Crippen LogP contribution in [0.1, 0.15) is 34.8 Å². The van der Waals surface area contributed by atoms with Crippen LogP contribution < -0.4 is 0 Å². The molecule has 2 nitrogen and oxygen atoms in total. The first kappa shape index (κ1) is 13.7. The van der Waals surface area contributed by atoms with Gasteiger partial charge in [0.2, 0.25) is 0 Å². The van der Waals surface area contributed by atoms with Crippen LogP contribution in [0.15, 0.2) is 48.5 Å². The molecule has 1 unspecified atom stereocenters. The van der Waals surface area contributed by atoms with E-state index in [1.807, 2.05) is 0 Å². The van der Waals surface area contributed by atoms with E-state index in [-0.39, 0.29) is 23.3 Å². The molecular formula is C17H15F2NO. The van der Waals surface area contributed by atoms with E-state index < -0.39 is 5.82 Å². The molecule has 1 aliphatic rings. The third-order valence-corrected chi connectivity index (χ3v) is 3.85. The van der Waals surface area contributed by atoms with Crippen molar-refractivity contribution in [3.8, 4) is 0 Å². The number of hydrogen-bond acceptors (Lipinski definition) is 1. The molecular weight excluding hydrogens is 272 g/mol. The van der Waals surface area contributed by atoms with E-state index in [1.165, 1.54) is 24.3 Å². The Balaban J connectivity index is 1.91. The van der Waals surface area contributed by atoms with Gasteiger partial charge >= 0.3 is 0 Å². The average molecular weight is 287 g/mol. The number of halogens is 2. The maximum atomic E-state index is 13.8. The fourth-order valence-electron chi connectivity index (χ4n) is 2.86. The number of carbonyl (C=O) groups excluding carboxylic acids is 1. The molecule has 3 rings (SSSR count). The van der Waals surface area contributed by atoms with E-state index >= 15 is 0 Å². The number of rotatable bonds is 2. The zero-order valence-corrected chi connectivity index (χ0v) is 11.4. The normalized spacial score (nSPS) is 18.0. The van der Waals surface area contributed by atoms with Crippen LogP contribution >= 0.6 is 0 Å². The lowest BCUT2D eigenvalue weighted by Crippen LogP contribution is -2.31. The topological polar surface area (TPSA) is 20.3 Å². The molecule has 1 saturated heterocycles. The fourth-order valence-corrected chi connectivity index (χ4v) is 2.86. The van der Waals surface area contributed by atoms with E-state index in [4.69, 9.17) is 0 Å². The molecule has 2 aromatic rings. The third-order valence-electron chi connectivity index (χ3n) is 3.85. The molecule has 21 heavy (non-hydrogen) atoms. The average Bonchev–Trinajstić information content (AvgIpc) is 2.96. The second kappa shape index (κ2) is 5.64. The van der Waals surface area contributed by atoms with Crippen molar-refractivity contribution in [3.63, 3.8) is 0 Å². The highest BCUT2D eigenvalue weighted by Crippen LogP contribution is 2.33. The minimum absolute atomic E-state index is 0.0702. The molecule has 0 N–H and O–H groups in total. The second-order valence-corrected chi connectivity index (χ2v) is 5.19. The molecule has 0 aliphatic carbocycles. The Morgan fingerprint density at radius 2 is 1.90 bits per heavy atom. The van der Waals surface area contributed by atoms with Crippen molar-refractivity contribution >= 4 is 5.91 Å². The zero-order valence-electron chi connectivity index (χ0n) is 11.4. The Morgan fingerprint density at radius 1 is 1.10 bits per heavy atom. The quantitative estimate of drug-likeness (QED) is 0.819. The molecule has 108 valence electrons. The van der Waals surface area contributed by atoms with Crippen molar-refractivity contribution in [3.05, 3.63) is 71.3 Å². The Kier molecular flexibility index (Phi) is 3.69. The predicted octanol–water partition coefficient (Wildman–Crippen LogP) is 3.94. The second-order valence-electron chi connectivity index (χ2n) is 5.19. The van der Waals surface area contributed by atoms with Gasteiger partial charge in [-0.3, -0.25) is 4.79 Å². The van der Waals surface area contributed by atoms with Gasteiger partial charge in [-0.1, -0.05) is 24.3 Å². The number of benzene rings is 2. The lowest BCUT2D eigenvalue weighted by atomic mass is 10.0. The SMILES string of the molecule is O=C(c1ccccc1F)N1CCCC1c1cccc(F)c1. The molecule has 1 amide bonds. The maximum absolute atomic E-state index is 13.8. The van der Waals surface area contributed by atoms with Crippen LogP contribution in [-0.2, 0) is 0 Å². The first-order chi connectivity index (χ1) is 10.2. The van der Waals surface area contributed by atoms with E-state index in [1.54, 1.807) is 29.2 Å².